The second-order valence-corrected chi connectivity index (χ2v) is 10.7. The summed E-state index contributed by atoms with van der Waals surface area (Å²) in [6.45, 7) is 10.6. The molecule has 6 heteroatoms. The van der Waals surface area contributed by atoms with Crippen molar-refractivity contribution in [2.45, 2.75) is 45.3 Å². The Bertz CT molecular complexity index is 462. The van der Waals surface area contributed by atoms with Gasteiger partial charge in [-0.3, -0.25) is 9.59 Å². The molecule has 0 rings (SSSR count). The molecule has 1 N–H and O–H groups in total. The lowest BCUT2D eigenvalue weighted by atomic mass is 10.2. The van der Waals surface area contributed by atoms with E-state index in [-0.39, 0.29) is 24.6 Å². The average Bonchev–Trinajstić information content (AvgIpc) is 2.31. The summed E-state index contributed by atoms with van der Waals surface area (Å²) in [5.74, 6) is 4.22. The zero-order chi connectivity index (χ0) is 15.8. The van der Waals surface area contributed by atoms with Crippen molar-refractivity contribution >= 4 is 20.0 Å². The van der Waals surface area contributed by atoms with Crippen LogP contribution in [0.15, 0.2) is 0 Å². The number of nitrogens with one attached hydrogen (secondary N) is 1. The first-order chi connectivity index (χ1) is 9.10. The van der Waals surface area contributed by atoms with Gasteiger partial charge in [0.1, 0.15) is 6.42 Å². The van der Waals surface area contributed by atoms with Crippen molar-refractivity contribution in [2.24, 2.45) is 0 Å². The molecule has 0 fully saturated rings. The van der Waals surface area contributed by atoms with Crippen molar-refractivity contribution in [3.63, 3.8) is 0 Å². The molecule has 0 atom stereocenters. The van der Waals surface area contributed by atoms with Crippen molar-refractivity contribution < 1.29 is 14.0 Å². The molecule has 0 saturated carbocycles. The van der Waals surface area contributed by atoms with E-state index in [1.807, 2.05) is 0 Å². The van der Waals surface area contributed by atoms with E-state index >= 15 is 0 Å². The monoisotopic (exact) mass is 294 g/mol. The van der Waals surface area contributed by atoms with Gasteiger partial charge in [-0.1, -0.05) is 26.7 Å². The number of carbonyl (C=O) groups excluding carboxylic acids is 2. The molecular weight excluding hydrogens is 272 g/mol. The number of nitrogens with zero attached hydrogens (tertiary/aromatic N) is 1. The first kappa shape index (κ1) is 18.4. The van der Waals surface area contributed by atoms with E-state index in [1.54, 1.807) is 6.07 Å². The fourth-order valence-corrected chi connectivity index (χ4v) is 1.79. The minimum absolute atomic E-state index is 0.101. The van der Waals surface area contributed by atoms with E-state index in [1.165, 1.54) is 0 Å². The molecule has 0 heterocycles. The molecule has 0 aromatic heterocycles. The van der Waals surface area contributed by atoms with Gasteiger partial charge >= 0.3 is 0 Å². The van der Waals surface area contributed by atoms with Crippen molar-refractivity contribution in [3.05, 3.63) is 0 Å². The highest BCUT2D eigenvalue weighted by atomic mass is 28.4. The molecule has 20 heavy (non-hydrogen) atoms. The molecule has 0 aliphatic heterocycles. The van der Waals surface area contributed by atoms with Gasteiger partial charge in [0.05, 0.1) is 19.2 Å². The van der Waals surface area contributed by atoms with Crippen LogP contribution in [0.3, 0.4) is 0 Å². The Morgan fingerprint density at radius 1 is 1.30 bits per heavy atom. The van der Waals surface area contributed by atoms with Crippen LogP contribution in [0.25, 0.3) is 0 Å². The predicted molar refractivity (Wildman–Crippen MR) is 79.2 cm³/mol. The predicted octanol–water partition coefficient (Wildman–Crippen LogP) is 1.61. The van der Waals surface area contributed by atoms with Crippen LogP contribution in [0, 0.1) is 23.2 Å². The summed E-state index contributed by atoms with van der Waals surface area (Å²) in [5, 5.41) is 10.7. The van der Waals surface area contributed by atoms with Crippen LogP contribution in [0.2, 0.25) is 18.1 Å². The maximum Gasteiger partial charge on any atom is 0.234 e. The molecule has 0 spiro atoms. The first-order valence-corrected chi connectivity index (χ1v) is 9.30. The molecule has 0 aromatic carbocycles. The minimum Gasteiger partial charge on any atom is -0.406 e. The Balaban J connectivity index is 4.14. The topological polar surface area (TPSA) is 79.2 Å². The fraction of sp³-hybridized carbons (Fsp3) is 0.643. The van der Waals surface area contributed by atoms with Crippen LogP contribution in [-0.2, 0) is 14.0 Å². The van der Waals surface area contributed by atoms with Gasteiger partial charge in [-0.2, -0.15) is 5.26 Å². The molecular formula is C14H22N2O3Si. The van der Waals surface area contributed by atoms with Crippen LogP contribution in [-0.4, -0.2) is 33.2 Å². The molecule has 110 valence electrons. The van der Waals surface area contributed by atoms with Gasteiger partial charge in [-0.05, 0) is 24.1 Å². The largest absolute Gasteiger partial charge is 0.406 e. The molecule has 1 amide bonds. The van der Waals surface area contributed by atoms with Crippen LogP contribution in [0.4, 0.5) is 0 Å². The van der Waals surface area contributed by atoms with Gasteiger partial charge in [-0.15, -0.1) is 0 Å². The number of Topliss-reactive ketones (excluding diaryl/α,β-unsaturated/α-hetero) is 1. The Hall–Kier alpha value is -1.63. The van der Waals surface area contributed by atoms with Gasteiger partial charge < -0.3 is 9.74 Å². The molecule has 0 unspecified atom stereocenters. The zero-order valence-corrected chi connectivity index (χ0v) is 13.8. The van der Waals surface area contributed by atoms with Crippen molar-refractivity contribution in [1.29, 1.82) is 5.26 Å². The van der Waals surface area contributed by atoms with Gasteiger partial charge in [0.2, 0.25) is 11.7 Å². The van der Waals surface area contributed by atoms with Crippen LogP contribution < -0.4 is 5.32 Å². The third-order valence-corrected chi connectivity index (χ3v) is 7.70. The molecule has 0 saturated heterocycles. The summed E-state index contributed by atoms with van der Waals surface area (Å²) in [6, 6.07) is 1.70. The number of amides is 1. The number of carbonyl (C=O) groups is 2. The van der Waals surface area contributed by atoms with Crippen molar-refractivity contribution in [3.8, 4) is 17.9 Å². The Morgan fingerprint density at radius 2 is 1.90 bits per heavy atom. The van der Waals surface area contributed by atoms with Gasteiger partial charge in [0, 0.05) is 0 Å². The van der Waals surface area contributed by atoms with Gasteiger partial charge in [0.15, 0.2) is 8.32 Å². The Labute approximate surface area is 121 Å². The molecule has 0 aromatic rings. The van der Waals surface area contributed by atoms with Crippen LogP contribution in [0.1, 0.15) is 27.2 Å². The lowest BCUT2D eigenvalue weighted by Gasteiger charge is -2.35. The fourth-order valence-electron chi connectivity index (χ4n) is 0.925. The van der Waals surface area contributed by atoms with E-state index in [2.05, 4.69) is 51.0 Å². The molecule has 0 bridgehead atoms. The highest BCUT2D eigenvalue weighted by Crippen LogP contribution is 2.36. The van der Waals surface area contributed by atoms with Crippen LogP contribution in [0.5, 0.6) is 0 Å². The SMILES string of the molecule is CC(C)(C)[Si](C)(C)OCC#CC(=O)CNC(=O)CC#N. The number of hydrogen-bond acceptors (Lipinski definition) is 4. The number of rotatable bonds is 5. The summed E-state index contributed by atoms with van der Waals surface area (Å²) >= 11 is 0. The average molecular weight is 294 g/mol. The van der Waals surface area contributed by atoms with E-state index in [4.69, 9.17) is 9.69 Å². The highest BCUT2D eigenvalue weighted by molar-refractivity contribution is 6.74. The molecule has 5 nitrogen and oxygen atoms in total. The minimum atomic E-state index is -1.84. The van der Waals surface area contributed by atoms with Gasteiger partial charge in [-0.25, -0.2) is 0 Å². The number of nitriles is 1. The van der Waals surface area contributed by atoms with Crippen LogP contribution >= 0.6 is 0 Å². The Morgan fingerprint density at radius 3 is 2.40 bits per heavy atom. The summed E-state index contributed by atoms with van der Waals surface area (Å²) < 4.78 is 5.79. The normalized spacial score (nSPS) is 11.0. The number of hydrogen-bond donors (Lipinski definition) is 1. The second-order valence-electron chi connectivity index (χ2n) is 5.89. The van der Waals surface area contributed by atoms with E-state index in [0.717, 1.165) is 0 Å². The summed E-state index contributed by atoms with van der Waals surface area (Å²) in [4.78, 5) is 22.3. The summed E-state index contributed by atoms with van der Waals surface area (Å²) in [5.41, 5.74) is 0. The quantitative estimate of drug-likeness (QED) is 0.474. The van der Waals surface area contributed by atoms with Crippen molar-refractivity contribution in [1.82, 2.24) is 5.32 Å². The summed E-state index contributed by atoms with van der Waals surface area (Å²) in [7, 11) is -1.84. The lowest BCUT2D eigenvalue weighted by Crippen LogP contribution is -2.40. The Kier molecular flexibility index (Phi) is 7.20. The maximum absolute atomic E-state index is 11.4. The smallest absolute Gasteiger partial charge is 0.234 e. The third-order valence-electron chi connectivity index (χ3n) is 3.22. The first-order valence-electron chi connectivity index (χ1n) is 6.39. The third kappa shape index (κ3) is 7.08. The second kappa shape index (κ2) is 7.84. The maximum atomic E-state index is 11.4. The van der Waals surface area contributed by atoms with Crippen molar-refractivity contribution in [2.75, 3.05) is 13.2 Å². The molecule has 0 aliphatic rings. The molecule has 0 aliphatic carbocycles. The highest BCUT2D eigenvalue weighted by Gasteiger charge is 2.36. The van der Waals surface area contributed by atoms with E-state index in [0.29, 0.717) is 0 Å². The van der Waals surface area contributed by atoms with E-state index < -0.39 is 20.0 Å². The number of ketones is 1. The lowest BCUT2D eigenvalue weighted by molar-refractivity contribution is -0.122. The summed E-state index contributed by atoms with van der Waals surface area (Å²) in [6.07, 6.45) is -0.255. The van der Waals surface area contributed by atoms with E-state index in [9.17, 15) is 9.59 Å². The standard InChI is InChI=1S/C14H22N2O3Si/c1-14(2,3)20(4,5)19-10-6-7-12(17)11-16-13(18)8-9-15/h8,10-11H2,1-5H3,(H,16,18). The molecule has 0 radical (unpaired) electrons. The van der Waals surface area contributed by atoms with Gasteiger partial charge in [0.25, 0.3) is 0 Å². The zero-order valence-electron chi connectivity index (χ0n) is 12.8.